The third kappa shape index (κ3) is 28.2. The molecule has 6 aromatic carbocycles. The number of likely N-dealkylation sites (N-methyl/N-ethyl adjacent to an activating group) is 1. The SMILES string of the molecule is CC(C)C[C@@H]1NC(=O)[C@H](Cc2c[nH]c3ccccc23)NC(=O)[C@H](C(C)C)NC(=O)CNC(=O)[C@H](CO)NC(=O)[C@H](Cc2ccccc2)N(C)C(=O)[C@H](Cc2ccc(O)cc2)NC(=O)[C@H](Cc2ccc(O)cc2)NC(=O)[C@@H](Cc2ccccc2)NC(=O)CSC[C@@H](C(=O)NCC(N)=O)NC(=O)[C@H](C(C)C)NC(=O)[C@H](Cc2ccc(O)cc2)NC1=O. The number of phenols is 3. The topological polar surface area (TPSA) is 509 Å². The molecule has 0 unspecified atom stereocenters. The number of thioether (sulfide) groups is 1. The number of nitrogens with zero attached hydrogens (tertiary/aromatic N) is 1. The number of benzene rings is 6. The van der Waals surface area contributed by atoms with Crippen molar-refractivity contribution in [3.05, 3.63) is 197 Å². The number of amides is 14. The number of hydrogen-bond donors (Lipinski definition) is 18. The summed E-state index contributed by atoms with van der Waals surface area (Å²) in [6.07, 6.45) is 0.109. The summed E-state index contributed by atoms with van der Waals surface area (Å²) in [5, 5.41) is 74.1. The summed E-state index contributed by atoms with van der Waals surface area (Å²) in [6.45, 7) is 7.32. The summed E-state index contributed by atoms with van der Waals surface area (Å²) < 4.78 is 0. The largest absolute Gasteiger partial charge is 0.508 e. The number of para-hydroxylation sites is 1. The normalized spacial score (nSPS) is 22.2. The number of aliphatic hydroxyl groups excluding tert-OH is 1. The molecule has 7 aromatic rings. The number of rotatable bonds is 20. The van der Waals surface area contributed by atoms with Gasteiger partial charge in [-0.25, -0.2) is 0 Å². The van der Waals surface area contributed by atoms with Gasteiger partial charge in [0.25, 0.3) is 0 Å². The average molecular weight is 1660 g/mol. The van der Waals surface area contributed by atoms with Crippen LogP contribution < -0.4 is 69.5 Å². The smallest absolute Gasteiger partial charge is 0.245 e. The first kappa shape index (κ1) is 91.7. The summed E-state index contributed by atoms with van der Waals surface area (Å²) in [5.41, 5.74) is 8.90. The van der Waals surface area contributed by atoms with E-state index in [4.69, 9.17) is 5.73 Å². The van der Waals surface area contributed by atoms with Crippen molar-refractivity contribution < 1.29 is 87.5 Å². The van der Waals surface area contributed by atoms with E-state index in [1.807, 2.05) is 0 Å². The Hall–Kier alpha value is -12.9. The molecule has 33 nitrogen and oxygen atoms in total. The van der Waals surface area contributed by atoms with E-state index in [1.54, 1.807) is 133 Å². The fourth-order valence-electron chi connectivity index (χ4n) is 13.3. The van der Waals surface area contributed by atoms with Crippen molar-refractivity contribution in [1.29, 1.82) is 0 Å². The Morgan fingerprint density at radius 2 is 0.874 bits per heavy atom. The van der Waals surface area contributed by atoms with Crippen LogP contribution in [0.5, 0.6) is 17.2 Å². The number of phenolic OH excluding ortho intramolecular Hbond substituents is 3. The number of hydrogen-bond acceptors (Lipinski definition) is 19. The number of fused-ring (bicyclic) bond motifs is 1. The summed E-state index contributed by atoms with van der Waals surface area (Å²) in [7, 11) is 1.27. The van der Waals surface area contributed by atoms with Crippen LogP contribution in [0.1, 0.15) is 81.3 Å². The Labute approximate surface area is 692 Å². The van der Waals surface area contributed by atoms with Gasteiger partial charge in [-0.3, -0.25) is 67.1 Å². The number of carbonyl (C=O) groups excluding carboxylic acids is 14. The minimum absolute atomic E-state index is 0.0483. The first-order chi connectivity index (χ1) is 56.7. The van der Waals surface area contributed by atoms with Crippen molar-refractivity contribution in [1.82, 2.24) is 73.7 Å². The van der Waals surface area contributed by atoms with E-state index in [2.05, 4.69) is 68.8 Å². The number of H-pyrrole nitrogens is 1. The van der Waals surface area contributed by atoms with Crippen molar-refractivity contribution in [3.63, 3.8) is 0 Å². The van der Waals surface area contributed by atoms with Gasteiger partial charge in [0.05, 0.1) is 25.4 Å². The molecule has 0 spiro atoms. The van der Waals surface area contributed by atoms with Gasteiger partial charge >= 0.3 is 0 Å². The molecule has 1 aromatic heterocycles. The van der Waals surface area contributed by atoms with Gasteiger partial charge in [-0.2, -0.15) is 0 Å². The minimum Gasteiger partial charge on any atom is -0.508 e. The molecule has 0 saturated carbocycles. The molecule has 1 aliphatic heterocycles. The lowest BCUT2D eigenvalue weighted by molar-refractivity contribution is -0.143. The molecule has 34 heteroatoms. The molecule has 14 amide bonds. The monoisotopic (exact) mass is 1660 g/mol. The zero-order chi connectivity index (χ0) is 86.6. The van der Waals surface area contributed by atoms with E-state index in [1.165, 1.54) is 79.8 Å². The number of aromatic nitrogens is 1. The number of primary amides is 1. The zero-order valence-electron chi connectivity index (χ0n) is 67.1. The maximum Gasteiger partial charge on any atom is 0.245 e. The van der Waals surface area contributed by atoms with Crippen molar-refractivity contribution in [2.24, 2.45) is 23.5 Å². The lowest BCUT2D eigenvalue weighted by Crippen LogP contribution is -2.61. The minimum atomic E-state index is -1.79. The average Bonchev–Trinajstić information content (AvgIpc) is 1.68. The Kier molecular flexibility index (Phi) is 34.3. The summed E-state index contributed by atoms with van der Waals surface area (Å²) >= 11 is 0.805. The number of aromatic amines is 1. The van der Waals surface area contributed by atoms with Crippen LogP contribution in [0.3, 0.4) is 0 Å². The second kappa shape index (κ2) is 44.5. The van der Waals surface area contributed by atoms with Crippen LogP contribution in [-0.4, -0.2) is 218 Å². The molecule has 1 saturated heterocycles. The summed E-state index contributed by atoms with van der Waals surface area (Å²) in [5.74, 6) is -16.1. The van der Waals surface area contributed by atoms with Crippen LogP contribution in [0.4, 0.5) is 0 Å². The molecule has 1 fully saturated rings. The van der Waals surface area contributed by atoms with Crippen molar-refractivity contribution in [3.8, 4) is 17.2 Å². The van der Waals surface area contributed by atoms with Gasteiger partial charge in [-0.15, -0.1) is 11.8 Å². The van der Waals surface area contributed by atoms with E-state index < -0.39 is 192 Å². The molecule has 119 heavy (non-hydrogen) atoms. The molecule has 11 atom stereocenters. The van der Waals surface area contributed by atoms with Crippen LogP contribution in [-0.2, 0) is 106 Å². The van der Waals surface area contributed by atoms with E-state index >= 15 is 24.0 Å². The van der Waals surface area contributed by atoms with Crippen molar-refractivity contribution in [2.75, 3.05) is 38.2 Å². The third-order valence-corrected chi connectivity index (χ3v) is 20.8. The molecule has 19 N–H and O–H groups in total. The Morgan fingerprint density at radius 1 is 0.454 bits per heavy atom. The Bertz CT molecular complexity index is 4690. The molecule has 2 heterocycles. The quantitative estimate of drug-likeness (QED) is 0.0495. The van der Waals surface area contributed by atoms with Gasteiger partial charge < -0.3 is 99.8 Å². The standard InChI is InChI=1S/C85H105N15O18S/c1-47(2)34-61-77(110)93-64(37-53-24-30-57(103)31-25-53)81(114)99-74(49(5)6)84(117)97-68(76(109)88-42-70(86)105)45-119-46-72(107)90-62(35-50-16-10-8-11-17-50)78(111)92-63(36-52-22-28-56(102)29-23-52)79(112)95-66(38-54-26-32-58(104)33-27-54)85(118)100(7)69(39-51-18-12-9-13-19-51)82(115)96-67(44-101)75(108)89-43-71(106)98-73(48(3)4)83(116)94-65(80(113)91-61)40-55-41-87-60-21-15-14-20-59(55)60/h8-33,41,47-49,61-69,73-74,87,101-104H,34-40,42-46H2,1-7H3,(H2,86,105)(H,88,109)(H,89,108)(H,90,107)(H,91,113)(H,92,111)(H,93,110)(H,94,116)(H,95,112)(H,96,115)(H,97,117)(H,98,106)(H,99,114)/t61-,62+,63-,64-,65-,66-,67-,68-,69-,73-,74-/m0/s1. The van der Waals surface area contributed by atoms with Gasteiger partial charge in [0.2, 0.25) is 82.7 Å². The fraction of sp³-hybridized carbons (Fsp3) is 0.388. The number of nitrogens with two attached hydrogens (primary N) is 1. The highest BCUT2D eigenvalue weighted by molar-refractivity contribution is 8.00. The molecular weight excluding hydrogens is 1550 g/mol. The number of aliphatic hydroxyl groups is 1. The maximum atomic E-state index is 15.5. The van der Waals surface area contributed by atoms with Crippen LogP contribution in [0, 0.1) is 17.8 Å². The second-order valence-corrected chi connectivity index (χ2v) is 31.3. The lowest BCUT2D eigenvalue weighted by atomic mass is 9.98. The number of aromatic hydroxyl groups is 3. The highest BCUT2D eigenvalue weighted by Crippen LogP contribution is 2.23. The molecule has 0 aliphatic carbocycles. The lowest BCUT2D eigenvalue weighted by Gasteiger charge is -2.33. The highest BCUT2D eigenvalue weighted by atomic mass is 32.2. The predicted octanol–water partition coefficient (Wildman–Crippen LogP) is 0.531. The van der Waals surface area contributed by atoms with Gasteiger partial charge in [0.15, 0.2) is 0 Å². The zero-order valence-corrected chi connectivity index (χ0v) is 67.9. The van der Waals surface area contributed by atoms with Crippen LogP contribution in [0.15, 0.2) is 164 Å². The predicted molar refractivity (Wildman–Crippen MR) is 442 cm³/mol. The number of nitrogens with one attached hydrogen (secondary N) is 13. The molecule has 0 radical (unpaired) electrons. The first-order valence-electron chi connectivity index (χ1n) is 39.0. The summed E-state index contributed by atoms with van der Waals surface area (Å²) in [4.78, 5) is 208. The van der Waals surface area contributed by atoms with Gasteiger partial charge in [0.1, 0.15) is 83.7 Å². The number of carbonyl (C=O) groups is 14. The molecule has 634 valence electrons. The van der Waals surface area contributed by atoms with Gasteiger partial charge in [-0.05, 0) is 100 Å². The van der Waals surface area contributed by atoms with E-state index in [-0.39, 0.29) is 68.1 Å². The Morgan fingerprint density at radius 3 is 1.39 bits per heavy atom. The van der Waals surface area contributed by atoms with Crippen LogP contribution in [0.2, 0.25) is 0 Å². The van der Waals surface area contributed by atoms with Crippen molar-refractivity contribution >= 4 is 105 Å². The Balaban J connectivity index is 1.19. The second-order valence-electron chi connectivity index (χ2n) is 30.3. The van der Waals surface area contributed by atoms with Crippen LogP contribution in [0.25, 0.3) is 10.9 Å². The first-order valence-corrected chi connectivity index (χ1v) is 40.1. The van der Waals surface area contributed by atoms with Crippen LogP contribution >= 0.6 is 11.8 Å². The third-order valence-electron chi connectivity index (χ3n) is 19.7. The summed E-state index contributed by atoms with van der Waals surface area (Å²) in [6, 6.07) is 24.0. The van der Waals surface area contributed by atoms with E-state index in [0.717, 1.165) is 16.7 Å². The molecule has 1 aliphatic rings. The highest BCUT2D eigenvalue weighted by Gasteiger charge is 2.40. The maximum absolute atomic E-state index is 15.5. The molecular formula is C85H105N15O18S. The molecule has 0 bridgehead atoms. The van der Waals surface area contributed by atoms with Gasteiger partial charge in [0, 0.05) is 68.4 Å². The fourth-order valence-corrected chi connectivity index (χ4v) is 14.1. The van der Waals surface area contributed by atoms with E-state index in [0.29, 0.717) is 44.3 Å². The van der Waals surface area contributed by atoms with Crippen molar-refractivity contribution in [2.45, 2.75) is 153 Å². The van der Waals surface area contributed by atoms with Gasteiger partial charge in [-0.1, -0.05) is 157 Å². The molecule has 8 rings (SSSR count). The van der Waals surface area contributed by atoms with E-state index in [9.17, 15) is 63.6 Å².